The van der Waals surface area contributed by atoms with Crippen molar-refractivity contribution in [2.75, 3.05) is 11.9 Å². The van der Waals surface area contributed by atoms with Crippen molar-refractivity contribution in [1.82, 2.24) is 0 Å². The van der Waals surface area contributed by atoms with Crippen LogP contribution in [0.25, 0.3) is 0 Å². The van der Waals surface area contributed by atoms with Crippen LogP contribution >= 0.6 is 0 Å². The van der Waals surface area contributed by atoms with Crippen LogP contribution in [0.4, 0.5) is 5.69 Å². The molecule has 1 rings (SSSR count). The molecule has 1 N–H and O–H groups in total. The van der Waals surface area contributed by atoms with E-state index in [4.69, 9.17) is 4.74 Å². The van der Waals surface area contributed by atoms with E-state index in [0.717, 1.165) is 12.1 Å². The van der Waals surface area contributed by atoms with E-state index in [0.29, 0.717) is 5.92 Å². The zero-order valence-corrected chi connectivity index (χ0v) is 12.6. The van der Waals surface area contributed by atoms with Gasteiger partial charge in [-0.1, -0.05) is 26.0 Å². The van der Waals surface area contributed by atoms with E-state index in [1.165, 1.54) is 5.56 Å². The number of benzene rings is 1. The second-order valence-corrected chi connectivity index (χ2v) is 5.88. The van der Waals surface area contributed by atoms with Crippen LogP contribution in [-0.4, -0.2) is 18.1 Å². The first-order valence-corrected chi connectivity index (χ1v) is 6.85. The zero-order chi connectivity index (χ0) is 14.5. The molecule has 0 bridgehead atoms. The standard InChI is InChI=1S/C16H25NO2/c1-6-12(2)13-7-9-14(10-8-13)17-15(18)11-19-16(3,4)5/h7-10,12H,6,11H2,1-5H3,(H,17,18). The van der Waals surface area contributed by atoms with E-state index in [-0.39, 0.29) is 18.1 Å². The summed E-state index contributed by atoms with van der Waals surface area (Å²) in [7, 11) is 0. The fraction of sp³-hybridized carbons (Fsp3) is 0.562. The molecular weight excluding hydrogens is 238 g/mol. The molecule has 0 aliphatic rings. The van der Waals surface area contributed by atoms with Gasteiger partial charge < -0.3 is 10.1 Å². The van der Waals surface area contributed by atoms with Gasteiger partial charge in [0.25, 0.3) is 0 Å². The molecule has 1 atom stereocenters. The Kier molecular flexibility index (Phi) is 5.55. The maximum absolute atomic E-state index is 11.7. The zero-order valence-electron chi connectivity index (χ0n) is 12.6. The molecule has 19 heavy (non-hydrogen) atoms. The quantitative estimate of drug-likeness (QED) is 0.873. The van der Waals surface area contributed by atoms with E-state index in [1.54, 1.807) is 0 Å². The molecule has 1 aromatic rings. The molecule has 1 unspecified atom stereocenters. The van der Waals surface area contributed by atoms with E-state index in [9.17, 15) is 4.79 Å². The summed E-state index contributed by atoms with van der Waals surface area (Å²) in [6, 6.07) is 8.01. The number of carbonyl (C=O) groups is 1. The van der Waals surface area contributed by atoms with E-state index >= 15 is 0 Å². The van der Waals surface area contributed by atoms with Crippen LogP contribution in [0.15, 0.2) is 24.3 Å². The van der Waals surface area contributed by atoms with E-state index < -0.39 is 0 Å². The van der Waals surface area contributed by atoms with Gasteiger partial charge in [-0.05, 0) is 50.8 Å². The molecule has 0 heterocycles. The third kappa shape index (κ3) is 5.88. The summed E-state index contributed by atoms with van der Waals surface area (Å²) in [5.41, 5.74) is 1.82. The number of amides is 1. The van der Waals surface area contributed by atoms with Crippen LogP contribution in [-0.2, 0) is 9.53 Å². The summed E-state index contributed by atoms with van der Waals surface area (Å²) in [6.07, 6.45) is 1.12. The highest BCUT2D eigenvalue weighted by molar-refractivity contribution is 5.91. The lowest BCUT2D eigenvalue weighted by Crippen LogP contribution is -2.27. The summed E-state index contributed by atoms with van der Waals surface area (Å²) in [4.78, 5) is 11.7. The van der Waals surface area contributed by atoms with Crippen molar-refractivity contribution in [1.29, 1.82) is 0 Å². The van der Waals surface area contributed by atoms with Gasteiger partial charge >= 0.3 is 0 Å². The number of hydrogen-bond donors (Lipinski definition) is 1. The second-order valence-electron chi connectivity index (χ2n) is 5.88. The minimum atomic E-state index is -0.294. The van der Waals surface area contributed by atoms with Crippen molar-refractivity contribution in [3.63, 3.8) is 0 Å². The molecule has 0 saturated carbocycles. The molecule has 0 aromatic heterocycles. The minimum absolute atomic E-state index is 0.0800. The Morgan fingerprint density at radius 1 is 1.26 bits per heavy atom. The highest BCUT2D eigenvalue weighted by Crippen LogP contribution is 2.20. The van der Waals surface area contributed by atoms with Crippen molar-refractivity contribution >= 4 is 11.6 Å². The van der Waals surface area contributed by atoms with Gasteiger partial charge in [0, 0.05) is 5.69 Å². The minimum Gasteiger partial charge on any atom is -0.366 e. The average Bonchev–Trinajstić information content (AvgIpc) is 2.35. The van der Waals surface area contributed by atoms with Crippen LogP contribution in [0.3, 0.4) is 0 Å². The maximum atomic E-state index is 11.7. The van der Waals surface area contributed by atoms with Crippen molar-refractivity contribution < 1.29 is 9.53 Å². The molecule has 0 fully saturated rings. The topological polar surface area (TPSA) is 38.3 Å². The van der Waals surface area contributed by atoms with Crippen molar-refractivity contribution in [3.8, 4) is 0 Å². The molecule has 0 aliphatic heterocycles. The number of rotatable bonds is 5. The first-order valence-electron chi connectivity index (χ1n) is 6.85. The van der Waals surface area contributed by atoms with Gasteiger partial charge in [-0.3, -0.25) is 4.79 Å². The van der Waals surface area contributed by atoms with E-state index in [2.05, 4.69) is 31.3 Å². The van der Waals surface area contributed by atoms with Gasteiger partial charge in [-0.25, -0.2) is 0 Å². The lowest BCUT2D eigenvalue weighted by Gasteiger charge is -2.19. The van der Waals surface area contributed by atoms with Crippen LogP contribution < -0.4 is 5.32 Å². The molecule has 0 saturated heterocycles. The Hall–Kier alpha value is -1.35. The molecule has 106 valence electrons. The lowest BCUT2D eigenvalue weighted by molar-refractivity contribution is -0.125. The van der Waals surface area contributed by atoms with Gasteiger partial charge in [-0.15, -0.1) is 0 Å². The second kappa shape index (κ2) is 6.71. The molecule has 0 spiro atoms. The van der Waals surface area contributed by atoms with Crippen molar-refractivity contribution in [2.24, 2.45) is 0 Å². The first-order chi connectivity index (χ1) is 8.81. The highest BCUT2D eigenvalue weighted by Gasteiger charge is 2.13. The SMILES string of the molecule is CCC(C)c1ccc(NC(=O)COC(C)(C)C)cc1. The summed E-state index contributed by atoms with van der Waals surface area (Å²) in [6.45, 7) is 10.2. The molecule has 1 aromatic carbocycles. The predicted molar refractivity (Wildman–Crippen MR) is 79.5 cm³/mol. The van der Waals surface area contributed by atoms with Gasteiger partial charge in [0.2, 0.25) is 5.91 Å². The van der Waals surface area contributed by atoms with Gasteiger partial charge in [0.05, 0.1) is 5.60 Å². The smallest absolute Gasteiger partial charge is 0.250 e. The van der Waals surface area contributed by atoms with Crippen LogP contribution in [0, 0.1) is 0 Å². The Labute approximate surface area is 116 Å². The van der Waals surface area contributed by atoms with Crippen LogP contribution in [0.5, 0.6) is 0 Å². The Morgan fingerprint density at radius 3 is 2.32 bits per heavy atom. The third-order valence-electron chi connectivity index (χ3n) is 3.01. The first kappa shape index (κ1) is 15.7. The number of ether oxygens (including phenoxy) is 1. The fourth-order valence-electron chi connectivity index (χ4n) is 1.61. The van der Waals surface area contributed by atoms with Crippen LogP contribution in [0.2, 0.25) is 0 Å². The fourth-order valence-corrected chi connectivity index (χ4v) is 1.61. The number of carbonyl (C=O) groups excluding carboxylic acids is 1. The summed E-state index contributed by atoms with van der Waals surface area (Å²) >= 11 is 0. The van der Waals surface area contributed by atoms with Gasteiger partial charge in [-0.2, -0.15) is 0 Å². The maximum Gasteiger partial charge on any atom is 0.250 e. The molecule has 3 heteroatoms. The van der Waals surface area contributed by atoms with Crippen molar-refractivity contribution in [2.45, 2.75) is 52.6 Å². The number of hydrogen-bond acceptors (Lipinski definition) is 2. The number of nitrogens with one attached hydrogen (secondary N) is 1. The Morgan fingerprint density at radius 2 is 1.84 bits per heavy atom. The Bertz CT molecular complexity index is 404. The third-order valence-corrected chi connectivity index (χ3v) is 3.01. The average molecular weight is 263 g/mol. The highest BCUT2D eigenvalue weighted by atomic mass is 16.5. The number of anilines is 1. The van der Waals surface area contributed by atoms with Crippen LogP contribution in [0.1, 0.15) is 52.5 Å². The van der Waals surface area contributed by atoms with Gasteiger partial charge in [0.15, 0.2) is 0 Å². The summed E-state index contributed by atoms with van der Waals surface area (Å²) in [5, 5.41) is 2.83. The van der Waals surface area contributed by atoms with Crippen molar-refractivity contribution in [3.05, 3.63) is 29.8 Å². The largest absolute Gasteiger partial charge is 0.366 e. The van der Waals surface area contributed by atoms with E-state index in [1.807, 2.05) is 32.9 Å². The molecule has 3 nitrogen and oxygen atoms in total. The monoisotopic (exact) mass is 263 g/mol. The van der Waals surface area contributed by atoms with Gasteiger partial charge in [0.1, 0.15) is 6.61 Å². The summed E-state index contributed by atoms with van der Waals surface area (Å²) in [5.74, 6) is 0.431. The molecule has 1 amide bonds. The molecule has 0 radical (unpaired) electrons. The lowest BCUT2D eigenvalue weighted by atomic mass is 9.99. The Balaban J connectivity index is 2.51. The normalized spacial score (nSPS) is 13.1. The summed E-state index contributed by atoms with van der Waals surface area (Å²) < 4.78 is 5.43. The molecular formula is C16H25NO2. The molecule has 0 aliphatic carbocycles. The predicted octanol–water partition coefficient (Wildman–Crippen LogP) is 3.95.